The van der Waals surface area contributed by atoms with Crippen LogP contribution in [0, 0.1) is 6.92 Å². The van der Waals surface area contributed by atoms with Gasteiger partial charge in [-0.25, -0.2) is 18.1 Å². The van der Waals surface area contributed by atoms with Crippen LogP contribution in [0.2, 0.25) is 10.0 Å². The number of halogens is 2. The Morgan fingerprint density at radius 3 is 2.70 bits per heavy atom. The van der Waals surface area contributed by atoms with Gasteiger partial charge in [0.15, 0.2) is 0 Å². The normalized spacial score (nSPS) is 11.8. The summed E-state index contributed by atoms with van der Waals surface area (Å²) in [6.45, 7) is 1.99. The van der Waals surface area contributed by atoms with Gasteiger partial charge in [-0.05, 0) is 19.1 Å². The lowest BCUT2D eigenvalue weighted by Crippen LogP contribution is -2.23. The molecule has 5 nitrogen and oxygen atoms in total. The zero-order chi connectivity index (χ0) is 14.9. The van der Waals surface area contributed by atoms with E-state index in [1.807, 2.05) is 6.92 Å². The number of aromatic nitrogens is 1. The highest BCUT2D eigenvalue weighted by atomic mass is 35.5. The molecule has 0 amide bonds. The molecule has 108 valence electrons. The van der Waals surface area contributed by atoms with Crippen LogP contribution in [0.4, 0.5) is 5.69 Å². The van der Waals surface area contributed by atoms with Crippen LogP contribution < -0.4 is 10.5 Å². The van der Waals surface area contributed by atoms with E-state index in [1.54, 1.807) is 6.20 Å². The Kier molecular flexibility index (Phi) is 4.55. The van der Waals surface area contributed by atoms with Gasteiger partial charge in [0, 0.05) is 11.1 Å². The average molecular weight is 352 g/mol. The summed E-state index contributed by atoms with van der Waals surface area (Å²) in [6, 6.07) is 2.71. The van der Waals surface area contributed by atoms with Gasteiger partial charge in [0.05, 0.1) is 22.3 Å². The molecule has 0 aliphatic heterocycles. The zero-order valence-electron chi connectivity index (χ0n) is 10.4. The van der Waals surface area contributed by atoms with Crippen molar-refractivity contribution < 1.29 is 8.42 Å². The SMILES string of the molecule is Cc1cnc(CNS(=O)(=O)c2ccc(Cl)c(N)c2Cl)s1. The first kappa shape index (κ1) is 15.5. The van der Waals surface area contributed by atoms with Gasteiger partial charge in [0.25, 0.3) is 0 Å². The Hall–Kier alpha value is -0.860. The summed E-state index contributed by atoms with van der Waals surface area (Å²) in [5, 5.41) is 0.800. The molecule has 0 aliphatic carbocycles. The minimum absolute atomic E-state index is 0.0429. The predicted octanol–water partition coefficient (Wildman–Crippen LogP) is 2.82. The van der Waals surface area contributed by atoms with Crippen LogP contribution in [0.25, 0.3) is 0 Å². The van der Waals surface area contributed by atoms with Gasteiger partial charge in [-0.15, -0.1) is 11.3 Å². The summed E-state index contributed by atoms with van der Waals surface area (Å²) in [5.41, 5.74) is 5.67. The van der Waals surface area contributed by atoms with Gasteiger partial charge in [0.1, 0.15) is 9.90 Å². The molecule has 3 N–H and O–H groups in total. The third kappa shape index (κ3) is 3.24. The van der Waals surface area contributed by atoms with E-state index in [4.69, 9.17) is 28.9 Å². The number of rotatable bonds is 4. The molecular weight excluding hydrogens is 341 g/mol. The number of benzene rings is 1. The van der Waals surface area contributed by atoms with Crippen LogP contribution >= 0.6 is 34.5 Å². The van der Waals surface area contributed by atoms with Crippen molar-refractivity contribution in [2.75, 3.05) is 5.73 Å². The fraction of sp³-hybridized carbons (Fsp3) is 0.182. The van der Waals surface area contributed by atoms with Crippen molar-refractivity contribution in [1.82, 2.24) is 9.71 Å². The number of anilines is 1. The highest BCUT2D eigenvalue weighted by molar-refractivity contribution is 7.89. The number of nitrogen functional groups attached to an aromatic ring is 1. The molecule has 2 aromatic rings. The summed E-state index contributed by atoms with van der Waals surface area (Å²) in [7, 11) is -3.77. The minimum atomic E-state index is -3.77. The third-order valence-corrected chi connectivity index (χ3v) is 5.67. The van der Waals surface area contributed by atoms with E-state index < -0.39 is 10.0 Å². The van der Waals surface area contributed by atoms with Crippen molar-refractivity contribution in [3.63, 3.8) is 0 Å². The fourth-order valence-electron chi connectivity index (χ4n) is 1.47. The Balaban J connectivity index is 2.25. The van der Waals surface area contributed by atoms with Crippen LogP contribution in [0.1, 0.15) is 9.88 Å². The maximum Gasteiger partial charge on any atom is 0.242 e. The second kappa shape index (κ2) is 5.87. The molecule has 0 spiro atoms. The van der Waals surface area contributed by atoms with E-state index in [-0.39, 0.29) is 27.2 Å². The second-order valence-electron chi connectivity index (χ2n) is 3.96. The van der Waals surface area contributed by atoms with Crippen molar-refractivity contribution in [3.8, 4) is 0 Å². The summed E-state index contributed by atoms with van der Waals surface area (Å²) < 4.78 is 26.8. The Bertz CT molecular complexity index is 744. The molecule has 0 saturated heterocycles. The van der Waals surface area contributed by atoms with E-state index in [1.165, 1.54) is 23.5 Å². The fourth-order valence-corrected chi connectivity index (χ4v) is 4.04. The maximum absolute atomic E-state index is 12.2. The smallest absolute Gasteiger partial charge is 0.242 e. The molecule has 1 aromatic heterocycles. The molecule has 1 heterocycles. The lowest BCUT2D eigenvalue weighted by molar-refractivity contribution is 0.581. The molecule has 20 heavy (non-hydrogen) atoms. The lowest BCUT2D eigenvalue weighted by Gasteiger charge is -2.09. The van der Waals surface area contributed by atoms with Crippen LogP contribution in [0.3, 0.4) is 0 Å². The maximum atomic E-state index is 12.2. The number of nitrogens with zero attached hydrogens (tertiary/aromatic N) is 1. The first-order valence-electron chi connectivity index (χ1n) is 5.45. The van der Waals surface area contributed by atoms with E-state index in [0.29, 0.717) is 5.01 Å². The van der Waals surface area contributed by atoms with Gasteiger partial charge in [-0.2, -0.15) is 0 Å². The molecule has 0 saturated carbocycles. The van der Waals surface area contributed by atoms with E-state index in [0.717, 1.165) is 4.88 Å². The standard InChI is InChI=1S/C11H11Cl2N3O2S2/c1-6-4-15-9(19-6)5-16-20(17,18)8-3-2-7(12)11(14)10(8)13/h2-4,16H,5,14H2,1H3. The second-order valence-corrected chi connectivity index (χ2v) is 7.80. The van der Waals surface area contributed by atoms with Gasteiger partial charge in [0.2, 0.25) is 10.0 Å². The van der Waals surface area contributed by atoms with Crippen LogP contribution in [0.5, 0.6) is 0 Å². The molecule has 2 rings (SSSR count). The molecule has 9 heteroatoms. The number of hydrogen-bond acceptors (Lipinski definition) is 5. The molecule has 1 aromatic carbocycles. The van der Waals surface area contributed by atoms with Gasteiger partial charge in [-0.3, -0.25) is 0 Å². The molecule has 0 radical (unpaired) electrons. The van der Waals surface area contributed by atoms with Crippen molar-refractivity contribution in [3.05, 3.63) is 38.3 Å². The Morgan fingerprint density at radius 1 is 1.40 bits per heavy atom. The highest BCUT2D eigenvalue weighted by Gasteiger charge is 2.20. The molecule has 0 aliphatic rings. The topological polar surface area (TPSA) is 85.1 Å². The van der Waals surface area contributed by atoms with Crippen LogP contribution in [-0.2, 0) is 16.6 Å². The first-order chi connectivity index (χ1) is 9.31. The lowest BCUT2D eigenvalue weighted by atomic mass is 10.3. The summed E-state index contributed by atoms with van der Waals surface area (Å²) in [5.74, 6) is 0. The van der Waals surface area contributed by atoms with Crippen molar-refractivity contribution >= 4 is 50.2 Å². The summed E-state index contributed by atoms with van der Waals surface area (Å²) in [6.07, 6.45) is 1.68. The van der Waals surface area contributed by atoms with Crippen molar-refractivity contribution in [2.24, 2.45) is 0 Å². The number of nitrogens with two attached hydrogens (primary N) is 1. The predicted molar refractivity (Wildman–Crippen MR) is 81.8 cm³/mol. The molecule has 0 atom stereocenters. The number of sulfonamides is 1. The summed E-state index contributed by atoms with van der Waals surface area (Å²) in [4.78, 5) is 4.98. The van der Waals surface area contributed by atoms with Gasteiger partial charge < -0.3 is 5.73 Å². The Labute approximate surface area is 130 Å². The van der Waals surface area contributed by atoms with Gasteiger partial charge >= 0.3 is 0 Å². The first-order valence-corrected chi connectivity index (χ1v) is 8.51. The summed E-state index contributed by atoms with van der Waals surface area (Å²) >= 11 is 13.1. The quantitative estimate of drug-likeness (QED) is 0.829. The van der Waals surface area contributed by atoms with E-state index >= 15 is 0 Å². The van der Waals surface area contributed by atoms with Crippen LogP contribution in [-0.4, -0.2) is 13.4 Å². The van der Waals surface area contributed by atoms with Crippen LogP contribution in [0.15, 0.2) is 23.2 Å². The minimum Gasteiger partial charge on any atom is -0.396 e. The number of thiazole rings is 1. The van der Waals surface area contributed by atoms with E-state index in [2.05, 4.69) is 9.71 Å². The van der Waals surface area contributed by atoms with Crippen molar-refractivity contribution in [2.45, 2.75) is 18.4 Å². The van der Waals surface area contributed by atoms with Crippen molar-refractivity contribution in [1.29, 1.82) is 0 Å². The number of nitrogens with one attached hydrogen (secondary N) is 1. The molecular formula is C11H11Cl2N3O2S2. The number of hydrogen-bond donors (Lipinski definition) is 2. The monoisotopic (exact) mass is 351 g/mol. The molecule has 0 unspecified atom stereocenters. The zero-order valence-corrected chi connectivity index (χ0v) is 13.5. The largest absolute Gasteiger partial charge is 0.396 e. The number of aryl methyl sites for hydroxylation is 1. The Morgan fingerprint density at radius 2 is 2.10 bits per heavy atom. The third-order valence-electron chi connectivity index (χ3n) is 2.46. The average Bonchev–Trinajstić information content (AvgIpc) is 2.79. The molecule has 0 bridgehead atoms. The van der Waals surface area contributed by atoms with Gasteiger partial charge in [-0.1, -0.05) is 23.2 Å². The highest BCUT2D eigenvalue weighted by Crippen LogP contribution is 2.33. The molecule has 0 fully saturated rings. The van der Waals surface area contributed by atoms with E-state index in [9.17, 15) is 8.42 Å².